The summed E-state index contributed by atoms with van der Waals surface area (Å²) >= 11 is 0. The Balaban J connectivity index is 1.15. The van der Waals surface area contributed by atoms with Crippen LogP contribution in [0.5, 0.6) is 0 Å². The highest BCUT2D eigenvalue weighted by Gasteiger charge is 2.66. The normalized spacial score (nSPS) is 38.1. The molecule has 1 aromatic carbocycles. The van der Waals surface area contributed by atoms with Gasteiger partial charge in [0.05, 0.1) is 17.8 Å². The van der Waals surface area contributed by atoms with Crippen molar-refractivity contribution in [3.63, 3.8) is 0 Å². The molecule has 2 unspecified atom stereocenters. The van der Waals surface area contributed by atoms with Crippen molar-refractivity contribution < 1.29 is 9.47 Å². The minimum absolute atomic E-state index is 0.0531. The van der Waals surface area contributed by atoms with E-state index in [1.807, 2.05) is 12.4 Å². The molecule has 4 heteroatoms. The highest BCUT2D eigenvalue weighted by atomic mass is 16.5. The molecule has 0 amide bonds. The number of hydrogen-bond donors (Lipinski definition) is 1. The Kier molecular flexibility index (Phi) is 5.87. The van der Waals surface area contributed by atoms with Gasteiger partial charge in [0.25, 0.3) is 0 Å². The zero-order chi connectivity index (χ0) is 25.1. The summed E-state index contributed by atoms with van der Waals surface area (Å²) in [4.78, 5) is 4.39. The first-order valence-corrected chi connectivity index (χ1v) is 14.8. The van der Waals surface area contributed by atoms with Crippen LogP contribution in [0.4, 0.5) is 0 Å². The van der Waals surface area contributed by atoms with E-state index in [2.05, 4.69) is 60.6 Å². The van der Waals surface area contributed by atoms with Crippen LogP contribution in [0, 0.1) is 11.3 Å². The van der Waals surface area contributed by atoms with Gasteiger partial charge in [-0.1, -0.05) is 38.1 Å². The fourth-order valence-corrected chi connectivity index (χ4v) is 9.03. The highest BCUT2D eigenvalue weighted by molar-refractivity contribution is 5.82. The second kappa shape index (κ2) is 9.03. The number of ether oxygens (including phenoxy) is 2. The lowest BCUT2D eigenvalue weighted by molar-refractivity contribution is -0.136. The van der Waals surface area contributed by atoms with Gasteiger partial charge in [-0.3, -0.25) is 4.98 Å². The van der Waals surface area contributed by atoms with Crippen LogP contribution in [-0.2, 0) is 9.47 Å². The van der Waals surface area contributed by atoms with Crippen LogP contribution in [0.1, 0.15) is 83.1 Å². The predicted molar refractivity (Wildman–Crippen MR) is 149 cm³/mol. The summed E-state index contributed by atoms with van der Waals surface area (Å²) in [5, 5.41) is 6.35. The number of nitrogens with zero attached hydrogens (tertiary/aromatic N) is 1. The standard InChI is InChI=1S/C33H42N2O2/c1-3-17-36-18-16-35-28-7-6-26-20-27-10-12-31(2)29(24-5-4-23-11-15-34-22-25(23)19-24)8-9-30(31)33(27)14-13-32(26,21-28)37-33/h4-5,10-11,15,19-20,22,28-30,35H,3,6-9,12-14,16-18,21H2,1-2H3/t28?,29?,30-,31-,32-,33-/m1/s1. The third-order valence-electron chi connectivity index (χ3n) is 10.8. The van der Waals surface area contributed by atoms with Gasteiger partial charge in [0, 0.05) is 37.0 Å². The van der Waals surface area contributed by atoms with Crippen LogP contribution in [0.3, 0.4) is 0 Å². The van der Waals surface area contributed by atoms with E-state index in [1.165, 1.54) is 54.0 Å². The molecule has 3 heterocycles. The highest BCUT2D eigenvalue weighted by Crippen LogP contribution is 2.69. The first kappa shape index (κ1) is 24.1. The molecule has 3 fully saturated rings. The van der Waals surface area contributed by atoms with Gasteiger partial charge in [-0.25, -0.2) is 0 Å². The van der Waals surface area contributed by atoms with E-state index in [-0.39, 0.29) is 16.6 Å². The predicted octanol–water partition coefficient (Wildman–Crippen LogP) is 6.86. The fraction of sp³-hybridized carbons (Fsp3) is 0.606. The van der Waals surface area contributed by atoms with Crippen molar-refractivity contribution in [3.8, 4) is 0 Å². The number of hydrogen-bond acceptors (Lipinski definition) is 4. The van der Waals surface area contributed by atoms with Crippen LogP contribution < -0.4 is 5.32 Å². The molecular weight excluding hydrogens is 456 g/mol. The maximum atomic E-state index is 7.47. The molecule has 6 atom stereocenters. The van der Waals surface area contributed by atoms with E-state index < -0.39 is 0 Å². The molecule has 37 heavy (non-hydrogen) atoms. The number of allylic oxidation sites excluding steroid dienone is 1. The molecule has 2 aromatic rings. The summed E-state index contributed by atoms with van der Waals surface area (Å²) in [5.74, 6) is 1.16. The maximum Gasteiger partial charge on any atom is 0.0974 e. The molecule has 2 spiro atoms. The first-order chi connectivity index (χ1) is 18.1. The zero-order valence-electron chi connectivity index (χ0n) is 22.6. The van der Waals surface area contributed by atoms with Gasteiger partial charge in [0.15, 0.2) is 0 Å². The summed E-state index contributed by atoms with van der Waals surface area (Å²) < 4.78 is 13.2. The fourth-order valence-electron chi connectivity index (χ4n) is 9.03. The lowest BCUT2D eigenvalue weighted by Gasteiger charge is -2.54. The number of nitrogens with one attached hydrogen (secondary N) is 1. The Morgan fingerprint density at radius 2 is 2.05 bits per heavy atom. The molecule has 196 valence electrons. The van der Waals surface area contributed by atoms with E-state index in [1.54, 1.807) is 5.57 Å². The molecule has 2 aliphatic heterocycles. The number of pyridine rings is 1. The molecule has 1 saturated heterocycles. The molecule has 1 N–H and O–H groups in total. The maximum absolute atomic E-state index is 7.47. The van der Waals surface area contributed by atoms with Crippen molar-refractivity contribution in [3.05, 3.63) is 65.5 Å². The van der Waals surface area contributed by atoms with E-state index in [0.717, 1.165) is 45.4 Å². The van der Waals surface area contributed by atoms with Crippen molar-refractivity contribution in [1.29, 1.82) is 0 Å². The third-order valence-corrected chi connectivity index (χ3v) is 10.8. The van der Waals surface area contributed by atoms with Crippen LogP contribution in [0.2, 0.25) is 0 Å². The molecule has 1 aromatic heterocycles. The largest absolute Gasteiger partial charge is 0.380 e. The molecule has 2 saturated carbocycles. The molecular formula is C33H42N2O2. The summed E-state index contributed by atoms with van der Waals surface area (Å²) in [5.41, 5.74) is 4.68. The number of rotatable bonds is 7. The number of aromatic nitrogens is 1. The lowest BCUT2D eigenvalue weighted by Crippen LogP contribution is -2.55. The Labute approximate surface area is 221 Å². The summed E-state index contributed by atoms with van der Waals surface area (Å²) in [7, 11) is 0. The Hall–Kier alpha value is -2.01. The van der Waals surface area contributed by atoms with Crippen molar-refractivity contribution in [2.75, 3.05) is 19.8 Å². The van der Waals surface area contributed by atoms with Crippen molar-refractivity contribution >= 4 is 10.8 Å². The van der Waals surface area contributed by atoms with E-state index in [9.17, 15) is 0 Å². The number of benzene rings is 1. The van der Waals surface area contributed by atoms with Crippen LogP contribution in [0.25, 0.3) is 10.8 Å². The monoisotopic (exact) mass is 498 g/mol. The second-order valence-corrected chi connectivity index (χ2v) is 12.7. The van der Waals surface area contributed by atoms with Gasteiger partial charge in [-0.2, -0.15) is 0 Å². The van der Waals surface area contributed by atoms with Crippen LogP contribution in [0.15, 0.2) is 60.0 Å². The van der Waals surface area contributed by atoms with Gasteiger partial charge >= 0.3 is 0 Å². The lowest BCUT2D eigenvalue weighted by atomic mass is 9.58. The van der Waals surface area contributed by atoms with E-state index >= 15 is 0 Å². The molecule has 4 nitrogen and oxygen atoms in total. The molecule has 0 radical (unpaired) electrons. The number of fused-ring (bicyclic) bond motifs is 2. The van der Waals surface area contributed by atoms with Gasteiger partial charge in [0.1, 0.15) is 0 Å². The molecule has 7 rings (SSSR count). The summed E-state index contributed by atoms with van der Waals surface area (Å²) in [6.45, 7) is 7.36. The van der Waals surface area contributed by atoms with Gasteiger partial charge in [-0.05, 0) is 109 Å². The van der Waals surface area contributed by atoms with Gasteiger partial charge in [0.2, 0.25) is 0 Å². The zero-order valence-corrected chi connectivity index (χ0v) is 22.6. The quantitative estimate of drug-likeness (QED) is 0.424. The van der Waals surface area contributed by atoms with Gasteiger partial charge in [-0.15, -0.1) is 0 Å². The van der Waals surface area contributed by atoms with Crippen molar-refractivity contribution in [1.82, 2.24) is 10.3 Å². The summed E-state index contributed by atoms with van der Waals surface area (Å²) in [6, 6.07) is 9.74. The van der Waals surface area contributed by atoms with Crippen molar-refractivity contribution in [2.24, 2.45) is 11.3 Å². The van der Waals surface area contributed by atoms with Crippen LogP contribution in [-0.4, -0.2) is 42.0 Å². The minimum Gasteiger partial charge on any atom is -0.380 e. The van der Waals surface area contributed by atoms with Crippen LogP contribution >= 0.6 is 0 Å². The van der Waals surface area contributed by atoms with E-state index in [4.69, 9.17) is 9.47 Å². The average molecular weight is 499 g/mol. The topological polar surface area (TPSA) is 43.4 Å². The minimum atomic E-state index is -0.0875. The average Bonchev–Trinajstić information content (AvgIpc) is 3.43. The Bertz CT molecular complexity index is 1250. The Morgan fingerprint density at radius 1 is 1.11 bits per heavy atom. The van der Waals surface area contributed by atoms with E-state index in [0.29, 0.717) is 17.9 Å². The smallest absolute Gasteiger partial charge is 0.0974 e. The second-order valence-electron chi connectivity index (χ2n) is 12.7. The molecule has 5 aliphatic rings. The summed E-state index contributed by atoms with van der Waals surface area (Å²) in [6.07, 6.45) is 19.7. The first-order valence-electron chi connectivity index (χ1n) is 14.8. The molecule has 3 aliphatic carbocycles. The SMILES string of the molecule is CCCOCCNC1CCC2=CC3=CC[C@]4(C)C(c5ccc6ccncc6c5)CC[C@H]4[C@@]34CC[C@]2(C1)O4. The Morgan fingerprint density at radius 3 is 2.97 bits per heavy atom. The van der Waals surface area contributed by atoms with Gasteiger partial charge < -0.3 is 14.8 Å². The molecule has 2 bridgehead atoms. The van der Waals surface area contributed by atoms with Crippen molar-refractivity contribution in [2.45, 2.75) is 94.8 Å². The third kappa shape index (κ3) is 3.70.